The molecule has 2 N–H and O–H groups in total. The molecule has 1 heterocycles. The summed E-state index contributed by atoms with van der Waals surface area (Å²) >= 11 is 1.40. The lowest BCUT2D eigenvalue weighted by molar-refractivity contribution is -0.123. The Morgan fingerprint density at radius 3 is 2.46 bits per heavy atom. The summed E-state index contributed by atoms with van der Waals surface area (Å²) in [6.45, 7) is 3.81. The Kier molecular flexibility index (Phi) is 5.53. The van der Waals surface area contributed by atoms with Crippen LogP contribution in [0.2, 0.25) is 0 Å². The lowest BCUT2D eigenvalue weighted by Crippen LogP contribution is -2.43. The van der Waals surface area contributed by atoms with Crippen molar-refractivity contribution in [3.05, 3.63) is 64.5 Å². The van der Waals surface area contributed by atoms with Gasteiger partial charge in [0.05, 0.1) is 4.88 Å². The van der Waals surface area contributed by atoms with E-state index in [9.17, 15) is 9.59 Å². The molecule has 2 amide bonds. The maximum Gasteiger partial charge on any atom is 0.280 e. The van der Waals surface area contributed by atoms with Gasteiger partial charge in [0.2, 0.25) is 0 Å². The molecule has 0 unspecified atom stereocenters. The Morgan fingerprint density at radius 2 is 1.77 bits per heavy atom. The summed E-state index contributed by atoms with van der Waals surface area (Å²) in [5.74, 6) is -0.134. The number of rotatable bonds is 5. The fraction of sp³-hybridized carbons (Fsp3) is 0.200. The Morgan fingerprint density at radius 1 is 1.04 bits per heavy atom. The van der Waals surface area contributed by atoms with Crippen LogP contribution in [0.4, 0.5) is 0 Å². The number of fused-ring (bicyclic) bond motifs is 1. The van der Waals surface area contributed by atoms with Crippen LogP contribution in [0.15, 0.2) is 48.5 Å². The van der Waals surface area contributed by atoms with Crippen molar-refractivity contribution in [2.45, 2.75) is 20.3 Å². The molecule has 0 bridgehead atoms. The van der Waals surface area contributed by atoms with Crippen molar-refractivity contribution in [2.75, 3.05) is 6.61 Å². The first kappa shape index (κ1) is 17.9. The van der Waals surface area contributed by atoms with E-state index >= 15 is 0 Å². The van der Waals surface area contributed by atoms with E-state index in [2.05, 4.69) is 17.8 Å². The molecule has 1 aromatic heterocycles. The van der Waals surface area contributed by atoms with Crippen molar-refractivity contribution in [1.29, 1.82) is 0 Å². The summed E-state index contributed by atoms with van der Waals surface area (Å²) in [7, 11) is 0. The van der Waals surface area contributed by atoms with Gasteiger partial charge in [-0.1, -0.05) is 37.3 Å². The maximum atomic E-state index is 12.3. The maximum absolute atomic E-state index is 12.3. The molecule has 0 fully saturated rings. The van der Waals surface area contributed by atoms with Gasteiger partial charge in [-0.2, -0.15) is 0 Å². The molecule has 3 aromatic rings. The highest BCUT2D eigenvalue weighted by molar-refractivity contribution is 7.21. The van der Waals surface area contributed by atoms with E-state index in [0.29, 0.717) is 10.6 Å². The Balaban J connectivity index is 1.53. The van der Waals surface area contributed by atoms with Crippen molar-refractivity contribution in [3.8, 4) is 5.75 Å². The molecule has 0 saturated carbocycles. The zero-order valence-electron chi connectivity index (χ0n) is 14.7. The van der Waals surface area contributed by atoms with E-state index in [1.807, 2.05) is 55.5 Å². The predicted octanol–water partition coefficient (Wildman–Crippen LogP) is 3.61. The Bertz CT molecular complexity index is 932. The largest absolute Gasteiger partial charge is 0.484 e. The number of nitrogens with one attached hydrogen (secondary N) is 2. The average molecular weight is 368 g/mol. The van der Waals surface area contributed by atoms with Crippen molar-refractivity contribution < 1.29 is 14.3 Å². The molecule has 2 aromatic carbocycles. The van der Waals surface area contributed by atoms with E-state index in [1.165, 1.54) is 16.9 Å². The van der Waals surface area contributed by atoms with Gasteiger partial charge in [-0.15, -0.1) is 11.3 Å². The molecular formula is C20H20N2O3S. The number of carbonyl (C=O) groups excluding carboxylic acids is 2. The van der Waals surface area contributed by atoms with Gasteiger partial charge < -0.3 is 4.74 Å². The lowest BCUT2D eigenvalue weighted by atomic mass is 10.1. The van der Waals surface area contributed by atoms with Crippen molar-refractivity contribution in [1.82, 2.24) is 10.9 Å². The van der Waals surface area contributed by atoms with Crippen LogP contribution < -0.4 is 15.6 Å². The highest BCUT2D eigenvalue weighted by Gasteiger charge is 2.15. The predicted molar refractivity (Wildman–Crippen MR) is 103 cm³/mol. The third kappa shape index (κ3) is 4.03. The summed E-state index contributed by atoms with van der Waals surface area (Å²) in [4.78, 5) is 24.8. The Hall–Kier alpha value is -2.86. The first-order valence-electron chi connectivity index (χ1n) is 8.37. The molecule has 0 spiro atoms. The van der Waals surface area contributed by atoms with Crippen molar-refractivity contribution >= 4 is 33.2 Å². The first-order valence-corrected chi connectivity index (χ1v) is 9.19. The molecule has 0 saturated heterocycles. The lowest BCUT2D eigenvalue weighted by Gasteiger charge is -2.09. The third-order valence-corrected chi connectivity index (χ3v) is 5.34. The number of carbonyl (C=O) groups is 2. The van der Waals surface area contributed by atoms with Gasteiger partial charge in [0.25, 0.3) is 11.8 Å². The minimum Gasteiger partial charge on any atom is -0.484 e. The van der Waals surface area contributed by atoms with Crippen molar-refractivity contribution in [3.63, 3.8) is 0 Å². The van der Waals surface area contributed by atoms with Crippen LogP contribution in [0.3, 0.4) is 0 Å². The molecule has 0 radical (unpaired) electrons. The van der Waals surface area contributed by atoms with Gasteiger partial charge >= 0.3 is 0 Å². The fourth-order valence-corrected chi connectivity index (χ4v) is 3.68. The number of benzene rings is 2. The number of ether oxygens (including phenoxy) is 1. The summed E-state index contributed by atoms with van der Waals surface area (Å²) in [6, 6.07) is 15.4. The minimum absolute atomic E-state index is 0.169. The number of hydrazine groups is 1. The SMILES string of the molecule is CCc1ccc(OCC(=O)NNC(=O)c2sc3ccccc3c2C)cc1. The molecule has 26 heavy (non-hydrogen) atoms. The van der Waals surface area contributed by atoms with Crippen LogP contribution >= 0.6 is 11.3 Å². The third-order valence-electron chi connectivity index (χ3n) is 4.07. The summed E-state index contributed by atoms with van der Waals surface area (Å²) in [6.07, 6.45) is 0.948. The molecule has 0 aliphatic rings. The van der Waals surface area contributed by atoms with Crippen molar-refractivity contribution in [2.24, 2.45) is 0 Å². The molecular weight excluding hydrogens is 348 g/mol. The second kappa shape index (κ2) is 8.01. The van der Waals surface area contributed by atoms with Crippen LogP contribution in [0.25, 0.3) is 10.1 Å². The quantitative estimate of drug-likeness (QED) is 0.676. The Labute approximate surface area is 156 Å². The molecule has 0 atom stereocenters. The van der Waals surface area contributed by atoms with Crippen LogP contribution in [0.1, 0.15) is 27.7 Å². The van der Waals surface area contributed by atoms with Crippen LogP contribution in [0, 0.1) is 6.92 Å². The number of amides is 2. The average Bonchev–Trinajstić information content (AvgIpc) is 3.02. The van der Waals surface area contributed by atoms with E-state index in [0.717, 1.165) is 22.1 Å². The van der Waals surface area contributed by atoms with E-state index < -0.39 is 5.91 Å². The smallest absolute Gasteiger partial charge is 0.280 e. The number of thiophene rings is 1. The van der Waals surface area contributed by atoms with Gasteiger partial charge in [0.15, 0.2) is 6.61 Å². The summed E-state index contributed by atoms with van der Waals surface area (Å²) in [5, 5.41) is 1.05. The molecule has 5 nitrogen and oxygen atoms in total. The van der Waals surface area contributed by atoms with Crippen LogP contribution in [-0.2, 0) is 11.2 Å². The number of hydrogen-bond donors (Lipinski definition) is 2. The monoisotopic (exact) mass is 368 g/mol. The molecule has 6 heteroatoms. The zero-order chi connectivity index (χ0) is 18.5. The topological polar surface area (TPSA) is 67.4 Å². The minimum atomic E-state index is -0.420. The highest BCUT2D eigenvalue weighted by atomic mass is 32.1. The van der Waals surface area contributed by atoms with Crippen LogP contribution in [0.5, 0.6) is 5.75 Å². The zero-order valence-corrected chi connectivity index (χ0v) is 15.5. The van der Waals surface area contributed by atoms with Gasteiger partial charge in [0, 0.05) is 4.70 Å². The molecule has 0 aliphatic carbocycles. The summed E-state index contributed by atoms with van der Waals surface area (Å²) < 4.78 is 6.46. The summed E-state index contributed by atoms with van der Waals surface area (Å²) in [5.41, 5.74) is 6.94. The second-order valence-corrected chi connectivity index (χ2v) is 6.89. The fourth-order valence-electron chi connectivity index (χ4n) is 2.58. The molecule has 134 valence electrons. The van der Waals surface area contributed by atoms with Gasteiger partial charge in [-0.05, 0) is 48.1 Å². The van der Waals surface area contributed by atoms with Gasteiger partial charge in [-0.25, -0.2) is 0 Å². The normalized spacial score (nSPS) is 10.5. The van der Waals surface area contributed by atoms with E-state index in [4.69, 9.17) is 4.74 Å². The number of hydrogen-bond acceptors (Lipinski definition) is 4. The van der Waals surface area contributed by atoms with Gasteiger partial charge in [0.1, 0.15) is 5.75 Å². The van der Waals surface area contributed by atoms with E-state index in [-0.39, 0.29) is 12.5 Å². The highest BCUT2D eigenvalue weighted by Crippen LogP contribution is 2.30. The number of aryl methyl sites for hydroxylation is 2. The van der Waals surface area contributed by atoms with Gasteiger partial charge in [-0.3, -0.25) is 20.4 Å². The second-order valence-electron chi connectivity index (χ2n) is 5.84. The molecule has 3 rings (SSSR count). The first-order chi connectivity index (χ1) is 12.6. The van der Waals surface area contributed by atoms with Crippen LogP contribution in [-0.4, -0.2) is 18.4 Å². The standard InChI is InChI=1S/C20H20N2O3S/c1-3-14-8-10-15(11-9-14)25-12-18(23)21-22-20(24)19-13(2)16-6-4-5-7-17(16)26-19/h4-11H,3,12H2,1-2H3,(H,21,23)(H,22,24). The molecule has 0 aliphatic heterocycles. The van der Waals surface area contributed by atoms with E-state index in [1.54, 1.807) is 0 Å².